The maximum absolute atomic E-state index is 11.9. The number of hydrogen-bond acceptors (Lipinski definition) is 5. The van der Waals surface area contributed by atoms with Gasteiger partial charge in [-0.15, -0.1) is 0 Å². The molecule has 1 amide bonds. The summed E-state index contributed by atoms with van der Waals surface area (Å²) in [5, 5.41) is 21.9. The van der Waals surface area contributed by atoms with E-state index in [4.69, 9.17) is 9.84 Å². The predicted octanol–water partition coefficient (Wildman–Crippen LogP) is 1.44. The van der Waals surface area contributed by atoms with E-state index in [-0.39, 0.29) is 30.0 Å². The van der Waals surface area contributed by atoms with E-state index >= 15 is 0 Å². The van der Waals surface area contributed by atoms with Crippen LogP contribution in [0.4, 0.5) is 5.69 Å². The number of nitro benzene ring substituents is 1. The van der Waals surface area contributed by atoms with Crippen LogP contribution < -0.4 is 10.1 Å². The van der Waals surface area contributed by atoms with Crippen LogP contribution in [0.2, 0.25) is 0 Å². The molecule has 0 aliphatic rings. The SMILES string of the molecule is COc1cc([N+](=O)[O-])ccc1C(=O)NCCC(C)C(=O)O. The number of carbonyl (C=O) groups excluding carboxylic acids is 1. The number of carbonyl (C=O) groups is 2. The lowest BCUT2D eigenvalue weighted by atomic mass is 10.1. The Morgan fingerprint density at radius 3 is 2.67 bits per heavy atom. The van der Waals surface area contributed by atoms with Crippen LogP contribution in [-0.2, 0) is 4.79 Å². The molecule has 1 aromatic carbocycles. The first-order chi connectivity index (χ1) is 9.86. The van der Waals surface area contributed by atoms with Crippen LogP contribution in [0.25, 0.3) is 0 Å². The second kappa shape index (κ2) is 7.22. The number of nitrogens with one attached hydrogen (secondary N) is 1. The molecule has 0 saturated carbocycles. The summed E-state index contributed by atoms with van der Waals surface area (Å²) in [6.07, 6.45) is 0.288. The molecule has 0 fully saturated rings. The van der Waals surface area contributed by atoms with E-state index in [1.807, 2.05) is 0 Å². The Morgan fingerprint density at radius 1 is 1.48 bits per heavy atom. The first-order valence-corrected chi connectivity index (χ1v) is 6.20. The quantitative estimate of drug-likeness (QED) is 0.580. The van der Waals surface area contributed by atoms with E-state index in [1.54, 1.807) is 6.92 Å². The van der Waals surface area contributed by atoms with Gasteiger partial charge in [0, 0.05) is 12.6 Å². The van der Waals surface area contributed by atoms with Crippen molar-refractivity contribution in [3.8, 4) is 5.75 Å². The second-order valence-corrected chi connectivity index (χ2v) is 4.43. The van der Waals surface area contributed by atoms with Crippen LogP contribution in [-0.4, -0.2) is 35.6 Å². The van der Waals surface area contributed by atoms with Gasteiger partial charge in [-0.05, 0) is 12.5 Å². The molecule has 0 bridgehead atoms. The zero-order valence-corrected chi connectivity index (χ0v) is 11.7. The molecule has 8 heteroatoms. The number of nitro groups is 1. The van der Waals surface area contributed by atoms with Crippen molar-refractivity contribution in [2.24, 2.45) is 5.92 Å². The van der Waals surface area contributed by atoms with Gasteiger partial charge in [0.2, 0.25) is 0 Å². The minimum Gasteiger partial charge on any atom is -0.496 e. The van der Waals surface area contributed by atoms with Gasteiger partial charge in [-0.25, -0.2) is 0 Å². The highest BCUT2D eigenvalue weighted by atomic mass is 16.6. The minimum atomic E-state index is -0.933. The molecule has 0 heterocycles. The number of non-ortho nitro benzene ring substituents is 1. The van der Waals surface area contributed by atoms with Crippen molar-refractivity contribution < 1.29 is 24.4 Å². The van der Waals surface area contributed by atoms with E-state index in [0.29, 0.717) is 0 Å². The molecule has 1 aromatic rings. The van der Waals surface area contributed by atoms with Crippen molar-refractivity contribution >= 4 is 17.6 Å². The maximum Gasteiger partial charge on any atom is 0.306 e. The molecule has 0 spiro atoms. The van der Waals surface area contributed by atoms with Crippen molar-refractivity contribution in [3.63, 3.8) is 0 Å². The van der Waals surface area contributed by atoms with Crippen LogP contribution >= 0.6 is 0 Å². The highest BCUT2D eigenvalue weighted by Gasteiger charge is 2.17. The van der Waals surface area contributed by atoms with E-state index in [2.05, 4.69) is 5.32 Å². The fraction of sp³-hybridized carbons (Fsp3) is 0.385. The zero-order chi connectivity index (χ0) is 16.0. The second-order valence-electron chi connectivity index (χ2n) is 4.43. The molecule has 0 aliphatic carbocycles. The summed E-state index contributed by atoms with van der Waals surface area (Å²) in [6.45, 7) is 1.73. The molecule has 0 saturated heterocycles. The molecular weight excluding hydrogens is 280 g/mol. The standard InChI is InChI=1S/C13H16N2O6/c1-8(13(17)18)5-6-14-12(16)10-4-3-9(15(19)20)7-11(10)21-2/h3-4,7-8H,5-6H2,1-2H3,(H,14,16)(H,17,18). The van der Waals surface area contributed by atoms with Crippen LogP contribution in [0.1, 0.15) is 23.7 Å². The van der Waals surface area contributed by atoms with Crippen molar-refractivity contribution in [2.45, 2.75) is 13.3 Å². The van der Waals surface area contributed by atoms with Crippen molar-refractivity contribution in [2.75, 3.05) is 13.7 Å². The lowest BCUT2D eigenvalue weighted by Gasteiger charge is -2.10. The van der Waals surface area contributed by atoms with Gasteiger partial charge in [-0.3, -0.25) is 19.7 Å². The van der Waals surface area contributed by atoms with Crippen LogP contribution in [0, 0.1) is 16.0 Å². The van der Waals surface area contributed by atoms with Gasteiger partial charge in [-0.2, -0.15) is 0 Å². The predicted molar refractivity (Wildman–Crippen MR) is 73.4 cm³/mol. The lowest BCUT2D eigenvalue weighted by Crippen LogP contribution is -2.27. The average molecular weight is 296 g/mol. The number of hydrogen-bond donors (Lipinski definition) is 2. The topological polar surface area (TPSA) is 119 Å². The average Bonchev–Trinajstić information content (AvgIpc) is 2.45. The monoisotopic (exact) mass is 296 g/mol. The highest BCUT2D eigenvalue weighted by molar-refractivity contribution is 5.97. The van der Waals surface area contributed by atoms with Gasteiger partial charge in [0.15, 0.2) is 0 Å². The smallest absolute Gasteiger partial charge is 0.306 e. The molecule has 0 aliphatic heterocycles. The number of benzene rings is 1. The fourth-order valence-electron chi connectivity index (χ4n) is 1.60. The third-order valence-electron chi connectivity index (χ3n) is 2.93. The summed E-state index contributed by atoms with van der Waals surface area (Å²) in [5.74, 6) is -1.88. The van der Waals surface area contributed by atoms with Gasteiger partial charge < -0.3 is 15.2 Å². The third kappa shape index (κ3) is 4.44. The number of aliphatic carboxylic acids is 1. The normalized spacial score (nSPS) is 11.5. The van der Waals surface area contributed by atoms with Crippen molar-refractivity contribution in [3.05, 3.63) is 33.9 Å². The first kappa shape index (κ1) is 16.4. The number of rotatable bonds is 7. The van der Waals surface area contributed by atoms with Gasteiger partial charge in [0.05, 0.1) is 29.6 Å². The Balaban J connectivity index is 2.74. The number of methoxy groups -OCH3 is 1. The summed E-state index contributed by atoms with van der Waals surface area (Å²) in [6, 6.07) is 3.67. The summed E-state index contributed by atoms with van der Waals surface area (Å²) in [4.78, 5) is 32.7. The molecule has 114 valence electrons. The Labute approximate surface area is 120 Å². The largest absolute Gasteiger partial charge is 0.496 e. The third-order valence-corrected chi connectivity index (χ3v) is 2.93. The highest BCUT2D eigenvalue weighted by Crippen LogP contribution is 2.24. The van der Waals surface area contributed by atoms with E-state index < -0.39 is 22.7 Å². The molecule has 8 nitrogen and oxygen atoms in total. The maximum atomic E-state index is 11.9. The lowest BCUT2D eigenvalue weighted by molar-refractivity contribution is -0.384. The summed E-state index contributed by atoms with van der Waals surface area (Å²) >= 11 is 0. The molecule has 1 unspecified atom stereocenters. The molecule has 2 N–H and O–H groups in total. The molecule has 1 rings (SSSR count). The summed E-state index contributed by atoms with van der Waals surface area (Å²) in [5.41, 5.74) is -0.0195. The van der Waals surface area contributed by atoms with E-state index in [1.165, 1.54) is 19.2 Å². The number of amides is 1. The van der Waals surface area contributed by atoms with Gasteiger partial charge in [0.1, 0.15) is 5.75 Å². The summed E-state index contributed by atoms with van der Waals surface area (Å²) in [7, 11) is 1.31. The van der Waals surface area contributed by atoms with E-state index in [0.717, 1.165) is 6.07 Å². The van der Waals surface area contributed by atoms with Gasteiger partial charge in [0.25, 0.3) is 11.6 Å². The summed E-state index contributed by atoms with van der Waals surface area (Å²) < 4.78 is 4.96. The first-order valence-electron chi connectivity index (χ1n) is 6.20. The molecular formula is C13H16N2O6. The van der Waals surface area contributed by atoms with Gasteiger partial charge in [-0.1, -0.05) is 6.92 Å². The minimum absolute atomic E-state index is 0.0907. The van der Waals surface area contributed by atoms with Crippen molar-refractivity contribution in [1.82, 2.24) is 5.32 Å². The van der Waals surface area contributed by atoms with Crippen LogP contribution in [0.3, 0.4) is 0 Å². The van der Waals surface area contributed by atoms with Gasteiger partial charge >= 0.3 is 5.97 Å². The Hall–Kier alpha value is -2.64. The van der Waals surface area contributed by atoms with E-state index in [9.17, 15) is 19.7 Å². The molecule has 1 atom stereocenters. The number of carboxylic acids is 1. The number of nitrogens with zero attached hydrogens (tertiary/aromatic N) is 1. The Kier molecular flexibility index (Phi) is 5.65. The number of ether oxygens (including phenoxy) is 1. The molecule has 21 heavy (non-hydrogen) atoms. The molecule has 0 aromatic heterocycles. The van der Waals surface area contributed by atoms with Crippen LogP contribution in [0.5, 0.6) is 5.75 Å². The van der Waals surface area contributed by atoms with Crippen molar-refractivity contribution in [1.29, 1.82) is 0 Å². The number of carboxylic acid groups (broad SMARTS) is 1. The zero-order valence-electron chi connectivity index (χ0n) is 11.7. The fourth-order valence-corrected chi connectivity index (χ4v) is 1.60. The molecule has 0 radical (unpaired) electrons. The Morgan fingerprint density at radius 2 is 2.14 bits per heavy atom. The Bertz CT molecular complexity index is 558. The van der Waals surface area contributed by atoms with Crippen LogP contribution in [0.15, 0.2) is 18.2 Å².